The molecule has 0 spiro atoms. The Kier molecular flexibility index (Phi) is 5.22. The van der Waals surface area contributed by atoms with Crippen LogP contribution in [0.25, 0.3) is 0 Å². The zero-order chi connectivity index (χ0) is 15.4. The van der Waals surface area contributed by atoms with E-state index in [9.17, 15) is 9.59 Å². The lowest BCUT2D eigenvalue weighted by Crippen LogP contribution is -2.45. The summed E-state index contributed by atoms with van der Waals surface area (Å²) < 4.78 is 0.953. The number of halogens is 1. The van der Waals surface area contributed by atoms with Gasteiger partial charge in [0.05, 0.1) is 5.92 Å². The zero-order valence-electron chi connectivity index (χ0n) is 11.9. The molecule has 2 rings (SSSR count). The van der Waals surface area contributed by atoms with Gasteiger partial charge in [0.2, 0.25) is 0 Å². The van der Waals surface area contributed by atoms with Crippen LogP contribution in [-0.4, -0.2) is 35.1 Å². The topological polar surface area (TPSA) is 69.6 Å². The molecule has 1 aliphatic carbocycles. The standard InChI is InChI=1S/C15H19BrN2O3/c1-18(9-10-5-2-3-7-12(10)16)15(21)17-13-8-4-6-11(13)14(19)20/h2-3,5,7,11,13H,4,6,8-9H2,1H3,(H,17,21)(H,19,20). The van der Waals surface area contributed by atoms with Crippen molar-refractivity contribution in [2.24, 2.45) is 5.92 Å². The third-order valence-corrected chi connectivity index (χ3v) is 4.63. The number of urea groups is 1. The molecule has 2 N–H and O–H groups in total. The first-order valence-electron chi connectivity index (χ1n) is 6.97. The van der Waals surface area contributed by atoms with Crippen LogP contribution in [0.1, 0.15) is 24.8 Å². The molecule has 1 aliphatic rings. The van der Waals surface area contributed by atoms with E-state index in [1.54, 1.807) is 11.9 Å². The van der Waals surface area contributed by atoms with Crippen molar-refractivity contribution in [3.8, 4) is 0 Å². The monoisotopic (exact) mass is 354 g/mol. The van der Waals surface area contributed by atoms with Gasteiger partial charge >= 0.3 is 12.0 Å². The number of benzene rings is 1. The largest absolute Gasteiger partial charge is 0.481 e. The molecule has 1 fully saturated rings. The van der Waals surface area contributed by atoms with Crippen LogP contribution >= 0.6 is 15.9 Å². The molecule has 2 atom stereocenters. The van der Waals surface area contributed by atoms with E-state index in [0.717, 1.165) is 22.9 Å². The van der Waals surface area contributed by atoms with Gasteiger partial charge in [-0.15, -0.1) is 0 Å². The number of nitrogens with zero attached hydrogens (tertiary/aromatic N) is 1. The number of carboxylic acids is 1. The fraction of sp³-hybridized carbons (Fsp3) is 0.467. The first-order chi connectivity index (χ1) is 9.99. The van der Waals surface area contributed by atoms with E-state index in [0.29, 0.717) is 13.0 Å². The molecule has 6 heteroatoms. The second kappa shape index (κ2) is 6.93. The second-order valence-corrected chi connectivity index (χ2v) is 6.23. The molecular formula is C15H19BrN2O3. The highest BCUT2D eigenvalue weighted by Gasteiger charge is 2.34. The maximum Gasteiger partial charge on any atom is 0.317 e. The highest BCUT2D eigenvalue weighted by molar-refractivity contribution is 9.10. The van der Waals surface area contributed by atoms with E-state index in [4.69, 9.17) is 5.11 Å². The molecule has 0 radical (unpaired) electrons. The summed E-state index contributed by atoms with van der Waals surface area (Å²) in [6, 6.07) is 7.22. The van der Waals surface area contributed by atoms with Crippen molar-refractivity contribution in [1.29, 1.82) is 0 Å². The van der Waals surface area contributed by atoms with Gasteiger partial charge < -0.3 is 15.3 Å². The maximum absolute atomic E-state index is 12.2. The van der Waals surface area contributed by atoms with Crippen LogP contribution in [0.3, 0.4) is 0 Å². The predicted molar refractivity (Wildman–Crippen MR) is 82.9 cm³/mol. The molecule has 0 bridgehead atoms. The molecular weight excluding hydrogens is 336 g/mol. The van der Waals surface area contributed by atoms with Crippen molar-refractivity contribution >= 4 is 27.9 Å². The Morgan fingerprint density at radius 3 is 2.76 bits per heavy atom. The Balaban J connectivity index is 1.94. The van der Waals surface area contributed by atoms with Gasteiger partial charge in [-0.05, 0) is 24.5 Å². The molecule has 0 heterocycles. The van der Waals surface area contributed by atoms with Crippen molar-refractivity contribution in [1.82, 2.24) is 10.2 Å². The van der Waals surface area contributed by atoms with E-state index in [1.807, 2.05) is 24.3 Å². The Hall–Kier alpha value is -1.56. The molecule has 1 aromatic rings. The highest BCUT2D eigenvalue weighted by Crippen LogP contribution is 2.26. The van der Waals surface area contributed by atoms with Gasteiger partial charge in [-0.3, -0.25) is 4.79 Å². The second-order valence-electron chi connectivity index (χ2n) is 5.38. The summed E-state index contributed by atoms with van der Waals surface area (Å²) in [6.07, 6.45) is 2.20. The maximum atomic E-state index is 12.2. The SMILES string of the molecule is CN(Cc1ccccc1Br)C(=O)NC1CCCC1C(=O)O. The Morgan fingerprint density at radius 2 is 2.10 bits per heavy atom. The summed E-state index contributed by atoms with van der Waals surface area (Å²) in [6.45, 7) is 0.470. The van der Waals surface area contributed by atoms with Gasteiger partial charge in [-0.2, -0.15) is 0 Å². The minimum atomic E-state index is -0.828. The Morgan fingerprint density at radius 1 is 1.38 bits per heavy atom. The summed E-state index contributed by atoms with van der Waals surface area (Å²) in [4.78, 5) is 24.9. The molecule has 0 aliphatic heterocycles. The Labute approximate surface area is 132 Å². The number of rotatable bonds is 4. The lowest BCUT2D eigenvalue weighted by molar-refractivity contribution is -0.142. The van der Waals surface area contributed by atoms with Crippen LogP contribution in [0.2, 0.25) is 0 Å². The molecule has 0 aromatic heterocycles. The molecule has 1 aromatic carbocycles. The van der Waals surface area contributed by atoms with Crippen LogP contribution in [0.5, 0.6) is 0 Å². The van der Waals surface area contributed by atoms with E-state index in [-0.39, 0.29) is 12.1 Å². The van der Waals surface area contributed by atoms with E-state index < -0.39 is 11.9 Å². The van der Waals surface area contributed by atoms with Gasteiger partial charge in [0.15, 0.2) is 0 Å². The smallest absolute Gasteiger partial charge is 0.317 e. The van der Waals surface area contributed by atoms with E-state index in [2.05, 4.69) is 21.2 Å². The number of amides is 2. The number of hydrogen-bond donors (Lipinski definition) is 2. The van der Waals surface area contributed by atoms with Gasteiger partial charge in [0, 0.05) is 24.1 Å². The number of hydrogen-bond acceptors (Lipinski definition) is 2. The van der Waals surface area contributed by atoms with Gasteiger partial charge in [-0.25, -0.2) is 4.79 Å². The minimum absolute atomic E-state index is 0.232. The number of carbonyl (C=O) groups excluding carboxylic acids is 1. The summed E-state index contributed by atoms with van der Waals surface area (Å²) in [5.41, 5.74) is 1.01. The summed E-state index contributed by atoms with van der Waals surface area (Å²) >= 11 is 3.45. The molecule has 2 amide bonds. The molecule has 2 unspecified atom stereocenters. The quantitative estimate of drug-likeness (QED) is 0.873. The van der Waals surface area contributed by atoms with Gasteiger partial charge in [0.1, 0.15) is 0 Å². The molecule has 1 saturated carbocycles. The van der Waals surface area contributed by atoms with Gasteiger partial charge in [0.25, 0.3) is 0 Å². The van der Waals surface area contributed by atoms with Crippen LogP contribution in [-0.2, 0) is 11.3 Å². The first kappa shape index (κ1) is 15.8. The number of carbonyl (C=O) groups is 2. The first-order valence-corrected chi connectivity index (χ1v) is 7.76. The normalized spacial score (nSPS) is 21.0. The van der Waals surface area contributed by atoms with Crippen LogP contribution in [0.15, 0.2) is 28.7 Å². The lowest BCUT2D eigenvalue weighted by atomic mass is 10.0. The summed E-state index contributed by atoms with van der Waals surface area (Å²) in [7, 11) is 1.71. The van der Waals surface area contributed by atoms with E-state index >= 15 is 0 Å². The van der Waals surface area contributed by atoms with Crippen molar-refractivity contribution < 1.29 is 14.7 Å². The average Bonchev–Trinajstić information content (AvgIpc) is 2.89. The number of nitrogens with one attached hydrogen (secondary N) is 1. The number of carboxylic acid groups (broad SMARTS) is 1. The predicted octanol–water partition coefficient (Wildman–Crippen LogP) is 2.84. The summed E-state index contributed by atoms with van der Waals surface area (Å²) in [5.74, 6) is -1.29. The fourth-order valence-corrected chi connectivity index (χ4v) is 3.06. The van der Waals surface area contributed by atoms with Crippen molar-refractivity contribution in [2.45, 2.75) is 31.8 Å². The third-order valence-electron chi connectivity index (χ3n) is 3.85. The van der Waals surface area contributed by atoms with Crippen molar-refractivity contribution in [3.63, 3.8) is 0 Å². The molecule has 21 heavy (non-hydrogen) atoms. The third kappa shape index (κ3) is 3.97. The Bertz CT molecular complexity index is 535. The minimum Gasteiger partial charge on any atom is -0.481 e. The molecule has 0 saturated heterocycles. The summed E-state index contributed by atoms with van der Waals surface area (Å²) in [5, 5.41) is 12.0. The molecule has 114 valence electrons. The molecule has 5 nitrogen and oxygen atoms in total. The average molecular weight is 355 g/mol. The lowest BCUT2D eigenvalue weighted by Gasteiger charge is -2.23. The highest BCUT2D eigenvalue weighted by atomic mass is 79.9. The van der Waals surface area contributed by atoms with Crippen LogP contribution < -0.4 is 5.32 Å². The van der Waals surface area contributed by atoms with Crippen molar-refractivity contribution in [2.75, 3.05) is 7.05 Å². The van der Waals surface area contributed by atoms with Crippen molar-refractivity contribution in [3.05, 3.63) is 34.3 Å². The zero-order valence-corrected chi connectivity index (χ0v) is 13.5. The number of aliphatic carboxylic acids is 1. The van der Waals surface area contributed by atoms with Gasteiger partial charge in [-0.1, -0.05) is 40.5 Å². The van der Waals surface area contributed by atoms with E-state index in [1.165, 1.54) is 0 Å². The van der Waals surface area contributed by atoms with Crippen LogP contribution in [0.4, 0.5) is 4.79 Å². The fourth-order valence-electron chi connectivity index (χ4n) is 2.65. The van der Waals surface area contributed by atoms with Crippen LogP contribution in [0, 0.1) is 5.92 Å².